The van der Waals surface area contributed by atoms with Crippen molar-refractivity contribution in [1.29, 1.82) is 0 Å². The van der Waals surface area contributed by atoms with Crippen molar-refractivity contribution in [2.24, 2.45) is 0 Å². The minimum absolute atomic E-state index is 0.196. The van der Waals surface area contributed by atoms with Gasteiger partial charge in [-0.25, -0.2) is 9.59 Å². The van der Waals surface area contributed by atoms with Crippen molar-refractivity contribution in [1.82, 2.24) is 5.32 Å². The third-order valence-corrected chi connectivity index (χ3v) is 2.43. The molecule has 4 N–H and O–H groups in total. The van der Waals surface area contributed by atoms with Crippen molar-refractivity contribution in [3.05, 3.63) is 0 Å². The molecule has 0 aromatic heterocycles. The number of ether oxygens (including phenoxy) is 1. The lowest BCUT2D eigenvalue weighted by atomic mass is 10.2. The molecule has 2 unspecified atom stereocenters. The lowest BCUT2D eigenvalue weighted by molar-refractivity contribution is -0.177. The summed E-state index contributed by atoms with van der Waals surface area (Å²) in [6.07, 6.45) is -2.92. The molecule has 0 aliphatic carbocycles. The summed E-state index contributed by atoms with van der Waals surface area (Å²) in [5.41, 5.74) is 0. The standard InChI is InChI=1S/C9H15NO6/c1-4-2-3-5(10-4)16-7(9(14)15)6(11)8(12)13/h4-7,10-11H,2-3H2,1H3,(H,12,13)(H,14,15)/t4?,5?,6-,7-/m0/s1. The van der Waals surface area contributed by atoms with E-state index in [1.165, 1.54) is 0 Å². The first-order valence-electron chi connectivity index (χ1n) is 4.97. The van der Waals surface area contributed by atoms with Gasteiger partial charge in [-0.2, -0.15) is 0 Å². The van der Waals surface area contributed by atoms with Gasteiger partial charge in [0.15, 0.2) is 12.2 Å². The van der Waals surface area contributed by atoms with Crippen LogP contribution in [0.3, 0.4) is 0 Å². The highest BCUT2D eigenvalue weighted by molar-refractivity contribution is 5.83. The maximum Gasteiger partial charge on any atom is 0.336 e. The zero-order chi connectivity index (χ0) is 12.3. The average molecular weight is 233 g/mol. The Bertz CT molecular complexity index is 281. The highest BCUT2D eigenvalue weighted by Gasteiger charge is 2.36. The van der Waals surface area contributed by atoms with Gasteiger partial charge in [-0.1, -0.05) is 0 Å². The van der Waals surface area contributed by atoms with Crippen LogP contribution in [-0.4, -0.2) is 51.7 Å². The Hall–Kier alpha value is -1.18. The summed E-state index contributed by atoms with van der Waals surface area (Å²) in [7, 11) is 0. The van der Waals surface area contributed by atoms with Gasteiger partial charge in [0.2, 0.25) is 0 Å². The Morgan fingerprint density at radius 1 is 1.31 bits per heavy atom. The largest absolute Gasteiger partial charge is 0.479 e. The van der Waals surface area contributed by atoms with E-state index in [1.54, 1.807) is 0 Å². The quantitative estimate of drug-likeness (QED) is 0.481. The number of hydrogen-bond acceptors (Lipinski definition) is 5. The van der Waals surface area contributed by atoms with Crippen LogP contribution >= 0.6 is 0 Å². The molecule has 16 heavy (non-hydrogen) atoms. The lowest BCUT2D eigenvalue weighted by Crippen LogP contribution is -2.46. The van der Waals surface area contributed by atoms with Crippen LogP contribution in [0.2, 0.25) is 0 Å². The van der Waals surface area contributed by atoms with Crippen molar-refractivity contribution in [2.75, 3.05) is 0 Å². The molecule has 0 aromatic carbocycles. The van der Waals surface area contributed by atoms with Crippen LogP contribution in [-0.2, 0) is 14.3 Å². The van der Waals surface area contributed by atoms with Crippen molar-refractivity contribution in [2.45, 2.75) is 44.2 Å². The number of nitrogens with one attached hydrogen (secondary N) is 1. The van der Waals surface area contributed by atoms with Crippen molar-refractivity contribution < 1.29 is 29.6 Å². The predicted molar refractivity (Wildman–Crippen MR) is 51.8 cm³/mol. The molecule has 0 radical (unpaired) electrons. The molecule has 92 valence electrons. The van der Waals surface area contributed by atoms with Crippen LogP contribution in [0, 0.1) is 0 Å². The van der Waals surface area contributed by atoms with Crippen molar-refractivity contribution in [3.63, 3.8) is 0 Å². The predicted octanol–water partition coefficient (Wildman–Crippen LogP) is -1.00. The van der Waals surface area contributed by atoms with Gasteiger partial charge in [0.1, 0.15) is 6.23 Å². The lowest BCUT2D eigenvalue weighted by Gasteiger charge is -2.21. The number of aliphatic carboxylic acids is 2. The molecule has 1 heterocycles. The molecular formula is C9H15NO6. The number of carbonyl (C=O) groups is 2. The van der Waals surface area contributed by atoms with Gasteiger partial charge in [-0.05, 0) is 19.8 Å². The number of rotatable bonds is 5. The first-order valence-corrected chi connectivity index (χ1v) is 4.97. The van der Waals surface area contributed by atoms with Crippen LogP contribution in [0.15, 0.2) is 0 Å². The Labute approximate surface area is 92.0 Å². The normalized spacial score (nSPS) is 28.6. The zero-order valence-electron chi connectivity index (χ0n) is 8.79. The highest BCUT2D eigenvalue weighted by Crippen LogP contribution is 2.15. The number of hydrogen-bond donors (Lipinski definition) is 4. The molecule has 7 heteroatoms. The SMILES string of the molecule is CC1CCC(O[C@H](C(=O)O)[C@H](O)C(=O)O)N1. The van der Waals surface area contributed by atoms with E-state index < -0.39 is 30.4 Å². The summed E-state index contributed by atoms with van der Waals surface area (Å²) >= 11 is 0. The molecule has 4 atom stereocenters. The average Bonchev–Trinajstić information content (AvgIpc) is 2.59. The van der Waals surface area contributed by atoms with Crippen LogP contribution in [0.5, 0.6) is 0 Å². The molecule has 0 amide bonds. The maximum atomic E-state index is 10.7. The van der Waals surface area contributed by atoms with Crippen LogP contribution in [0.4, 0.5) is 0 Å². The van der Waals surface area contributed by atoms with Gasteiger partial charge >= 0.3 is 11.9 Å². The number of carboxylic acids is 2. The fourth-order valence-electron chi connectivity index (χ4n) is 1.57. The summed E-state index contributed by atoms with van der Waals surface area (Å²) < 4.78 is 5.02. The van der Waals surface area contributed by atoms with Crippen LogP contribution < -0.4 is 5.32 Å². The van der Waals surface area contributed by atoms with E-state index in [2.05, 4.69) is 5.32 Å². The van der Waals surface area contributed by atoms with Gasteiger partial charge in [0, 0.05) is 6.04 Å². The molecule has 1 fully saturated rings. The first kappa shape index (κ1) is 12.9. The fourth-order valence-corrected chi connectivity index (χ4v) is 1.57. The Morgan fingerprint density at radius 2 is 1.94 bits per heavy atom. The van der Waals surface area contributed by atoms with E-state index in [0.717, 1.165) is 6.42 Å². The minimum atomic E-state index is -2.06. The van der Waals surface area contributed by atoms with E-state index >= 15 is 0 Å². The zero-order valence-corrected chi connectivity index (χ0v) is 8.79. The molecule has 1 rings (SSSR count). The van der Waals surface area contributed by atoms with Crippen LogP contribution in [0.25, 0.3) is 0 Å². The van der Waals surface area contributed by atoms with Gasteiger partial charge < -0.3 is 20.1 Å². The monoisotopic (exact) mass is 233 g/mol. The summed E-state index contributed by atoms with van der Waals surface area (Å²) in [5, 5.41) is 29.3. The Balaban J connectivity index is 2.58. The van der Waals surface area contributed by atoms with Gasteiger partial charge in [-0.3, -0.25) is 5.32 Å². The van der Waals surface area contributed by atoms with Crippen molar-refractivity contribution in [3.8, 4) is 0 Å². The van der Waals surface area contributed by atoms with E-state index in [1.807, 2.05) is 6.92 Å². The summed E-state index contributed by atoms with van der Waals surface area (Å²) in [5.74, 6) is -3.10. The fraction of sp³-hybridized carbons (Fsp3) is 0.778. The molecule has 1 aliphatic heterocycles. The van der Waals surface area contributed by atoms with E-state index in [-0.39, 0.29) is 6.04 Å². The molecule has 1 aliphatic rings. The Morgan fingerprint density at radius 3 is 2.31 bits per heavy atom. The number of aliphatic hydroxyl groups is 1. The first-order chi connectivity index (χ1) is 7.41. The third-order valence-electron chi connectivity index (χ3n) is 2.43. The molecule has 0 saturated carbocycles. The third kappa shape index (κ3) is 3.16. The second kappa shape index (κ2) is 5.24. The summed E-state index contributed by atoms with van der Waals surface area (Å²) in [4.78, 5) is 21.2. The van der Waals surface area contributed by atoms with E-state index in [4.69, 9.17) is 20.1 Å². The molecule has 1 saturated heterocycles. The number of carboxylic acid groups (broad SMARTS) is 2. The molecule has 7 nitrogen and oxygen atoms in total. The number of aliphatic hydroxyl groups excluding tert-OH is 1. The highest BCUT2D eigenvalue weighted by atomic mass is 16.5. The second-order valence-corrected chi connectivity index (χ2v) is 3.81. The smallest absolute Gasteiger partial charge is 0.336 e. The van der Waals surface area contributed by atoms with Crippen LogP contribution in [0.1, 0.15) is 19.8 Å². The minimum Gasteiger partial charge on any atom is -0.479 e. The van der Waals surface area contributed by atoms with E-state index in [9.17, 15) is 9.59 Å². The van der Waals surface area contributed by atoms with E-state index in [0.29, 0.717) is 6.42 Å². The molecule has 0 spiro atoms. The molecular weight excluding hydrogens is 218 g/mol. The van der Waals surface area contributed by atoms with Crippen molar-refractivity contribution >= 4 is 11.9 Å². The molecule has 0 bridgehead atoms. The summed E-state index contributed by atoms with van der Waals surface area (Å²) in [6.45, 7) is 1.91. The Kier molecular flexibility index (Phi) is 4.22. The van der Waals surface area contributed by atoms with Gasteiger partial charge in [0.05, 0.1) is 0 Å². The van der Waals surface area contributed by atoms with Gasteiger partial charge in [-0.15, -0.1) is 0 Å². The summed E-state index contributed by atoms with van der Waals surface area (Å²) in [6, 6.07) is 0.196. The second-order valence-electron chi connectivity index (χ2n) is 3.81. The topological polar surface area (TPSA) is 116 Å². The maximum absolute atomic E-state index is 10.7. The molecule has 0 aromatic rings. The van der Waals surface area contributed by atoms with Gasteiger partial charge in [0.25, 0.3) is 0 Å².